The van der Waals surface area contributed by atoms with Crippen LogP contribution < -0.4 is 10.1 Å². The molecule has 26 heavy (non-hydrogen) atoms. The van der Waals surface area contributed by atoms with E-state index in [1.54, 1.807) is 6.07 Å². The lowest BCUT2D eigenvalue weighted by Gasteiger charge is -2.15. The van der Waals surface area contributed by atoms with Gasteiger partial charge in [-0.05, 0) is 31.2 Å². The number of halogens is 3. The van der Waals surface area contributed by atoms with Gasteiger partial charge in [0.05, 0.1) is 5.56 Å². The molecular weight excluding hydrogens is 351 g/mol. The van der Waals surface area contributed by atoms with Crippen molar-refractivity contribution in [3.05, 3.63) is 47.9 Å². The van der Waals surface area contributed by atoms with E-state index in [1.807, 2.05) is 6.92 Å². The van der Waals surface area contributed by atoms with Gasteiger partial charge in [0, 0.05) is 18.3 Å². The number of rotatable bonds is 6. The number of hydrogen-bond donors (Lipinski definition) is 2. The van der Waals surface area contributed by atoms with Crippen LogP contribution in [0.25, 0.3) is 5.78 Å². The van der Waals surface area contributed by atoms with Gasteiger partial charge in [0.25, 0.3) is 5.78 Å². The second kappa shape index (κ2) is 7.16. The van der Waals surface area contributed by atoms with E-state index in [2.05, 4.69) is 20.4 Å². The van der Waals surface area contributed by atoms with Gasteiger partial charge in [-0.25, -0.2) is 4.98 Å². The maximum absolute atomic E-state index is 12.5. The standard InChI is InChI=1S/C16H16F3N5O2/c1-10-6-14(24-15(23-10)21-9-22-24)20-7-12(25)8-26-13-4-2-11(3-5-13)16(17,18)19/h2-6,9,12,20,25H,7-8H2,1H3. The Morgan fingerprint density at radius 3 is 2.69 bits per heavy atom. The Labute approximate surface area is 146 Å². The minimum Gasteiger partial charge on any atom is -0.491 e. The second-order valence-electron chi connectivity index (χ2n) is 5.62. The number of benzene rings is 1. The van der Waals surface area contributed by atoms with Gasteiger partial charge < -0.3 is 15.2 Å². The molecule has 1 atom stereocenters. The SMILES string of the molecule is Cc1cc(NCC(O)COc2ccc(C(F)(F)F)cc2)n2ncnc2n1. The number of ether oxygens (including phenoxy) is 1. The largest absolute Gasteiger partial charge is 0.491 e. The maximum atomic E-state index is 12.5. The summed E-state index contributed by atoms with van der Waals surface area (Å²) >= 11 is 0. The van der Waals surface area contributed by atoms with Crippen LogP contribution in [0.2, 0.25) is 0 Å². The molecule has 3 rings (SSSR count). The van der Waals surface area contributed by atoms with Crippen LogP contribution in [0.15, 0.2) is 36.7 Å². The van der Waals surface area contributed by atoms with Crippen LogP contribution in [0, 0.1) is 6.92 Å². The van der Waals surface area contributed by atoms with Gasteiger partial charge in [0.2, 0.25) is 0 Å². The van der Waals surface area contributed by atoms with E-state index < -0.39 is 17.8 Å². The van der Waals surface area contributed by atoms with Gasteiger partial charge in [0.1, 0.15) is 30.6 Å². The lowest BCUT2D eigenvalue weighted by molar-refractivity contribution is -0.137. The van der Waals surface area contributed by atoms with Crippen molar-refractivity contribution in [3.8, 4) is 5.75 Å². The van der Waals surface area contributed by atoms with Crippen LogP contribution in [-0.4, -0.2) is 43.9 Å². The molecule has 0 radical (unpaired) electrons. The molecule has 2 aromatic heterocycles. The fourth-order valence-corrected chi connectivity index (χ4v) is 2.27. The van der Waals surface area contributed by atoms with Gasteiger partial charge >= 0.3 is 6.18 Å². The molecule has 2 heterocycles. The third kappa shape index (κ3) is 4.20. The Bertz CT molecular complexity index is 880. The molecule has 0 bridgehead atoms. The van der Waals surface area contributed by atoms with Gasteiger partial charge in [-0.15, -0.1) is 0 Å². The summed E-state index contributed by atoms with van der Waals surface area (Å²) in [4.78, 5) is 8.21. The Morgan fingerprint density at radius 2 is 2.00 bits per heavy atom. The first-order chi connectivity index (χ1) is 12.3. The molecule has 1 aromatic carbocycles. The summed E-state index contributed by atoms with van der Waals surface area (Å²) in [5.74, 6) is 1.29. The highest BCUT2D eigenvalue weighted by atomic mass is 19.4. The smallest absolute Gasteiger partial charge is 0.416 e. The summed E-state index contributed by atoms with van der Waals surface area (Å²) in [6.45, 7) is 1.88. The number of anilines is 1. The van der Waals surface area contributed by atoms with E-state index in [1.165, 1.54) is 23.0 Å². The highest BCUT2D eigenvalue weighted by Gasteiger charge is 2.30. The van der Waals surface area contributed by atoms with E-state index in [9.17, 15) is 18.3 Å². The van der Waals surface area contributed by atoms with E-state index in [-0.39, 0.29) is 18.9 Å². The Hall–Kier alpha value is -2.88. The summed E-state index contributed by atoms with van der Waals surface area (Å²) in [6.07, 6.45) is -3.90. The van der Waals surface area contributed by atoms with Gasteiger partial charge in [-0.1, -0.05) is 0 Å². The van der Waals surface area contributed by atoms with Crippen molar-refractivity contribution in [1.82, 2.24) is 19.6 Å². The normalized spacial score (nSPS) is 13.0. The zero-order chi connectivity index (χ0) is 18.7. The molecule has 0 fully saturated rings. The van der Waals surface area contributed by atoms with E-state index >= 15 is 0 Å². The number of nitrogens with one attached hydrogen (secondary N) is 1. The van der Waals surface area contributed by atoms with Crippen molar-refractivity contribution in [2.45, 2.75) is 19.2 Å². The third-order valence-electron chi connectivity index (χ3n) is 3.52. The first kappa shape index (κ1) is 17.9. The number of hydrogen-bond acceptors (Lipinski definition) is 6. The predicted molar refractivity (Wildman–Crippen MR) is 87.0 cm³/mol. The molecule has 0 saturated carbocycles. The fourth-order valence-electron chi connectivity index (χ4n) is 2.27. The Morgan fingerprint density at radius 1 is 1.27 bits per heavy atom. The average Bonchev–Trinajstić information content (AvgIpc) is 3.05. The quantitative estimate of drug-likeness (QED) is 0.696. The first-order valence-electron chi connectivity index (χ1n) is 7.72. The number of alkyl halides is 3. The van der Waals surface area contributed by atoms with E-state index in [0.717, 1.165) is 17.8 Å². The highest BCUT2D eigenvalue weighted by Crippen LogP contribution is 2.30. The third-order valence-corrected chi connectivity index (χ3v) is 3.52. The first-order valence-corrected chi connectivity index (χ1v) is 7.72. The number of aromatic nitrogens is 4. The molecule has 0 spiro atoms. The Kier molecular flexibility index (Phi) is 4.94. The number of fused-ring (bicyclic) bond motifs is 1. The van der Waals surface area contributed by atoms with Crippen LogP contribution in [0.1, 0.15) is 11.3 Å². The molecule has 3 aromatic rings. The summed E-state index contributed by atoms with van der Waals surface area (Å²) in [5, 5.41) is 17.1. The molecule has 10 heteroatoms. The molecule has 138 valence electrons. The van der Waals surface area contributed by atoms with Gasteiger partial charge in [-0.3, -0.25) is 0 Å². The van der Waals surface area contributed by atoms with E-state index in [4.69, 9.17) is 4.74 Å². The average molecular weight is 367 g/mol. The molecule has 7 nitrogen and oxygen atoms in total. The van der Waals surface area contributed by atoms with Crippen molar-refractivity contribution < 1.29 is 23.0 Å². The van der Waals surface area contributed by atoms with Crippen LogP contribution in [0.3, 0.4) is 0 Å². The second-order valence-corrected chi connectivity index (χ2v) is 5.62. The summed E-state index contributed by atoms with van der Waals surface area (Å²) in [7, 11) is 0. The monoisotopic (exact) mass is 367 g/mol. The topological polar surface area (TPSA) is 84.6 Å². The number of nitrogens with zero attached hydrogens (tertiary/aromatic N) is 4. The molecule has 0 aliphatic rings. The van der Waals surface area contributed by atoms with Crippen LogP contribution in [0.4, 0.5) is 19.0 Å². The number of aryl methyl sites for hydroxylation is 1. The number of aliphatic hydroxyl groups excluding tert-OH is 1. The van der Waals surface area contributed by atoms with Gasteiger partial charge in [-0.2, -0.15) is 27.8 Å². The minimum absolute atomic E-state index is 0.0804. The lowest BCUT2D eigenvalue weighted by atomic mass is 10.2. The van der Waals surface area contributed by atoms with Crippen molar-refractivity contribution in [2.75, 3.05) is 18.5 Å². The van der Waals surface area contributed by atoms with Crippen LogP contribution in [0.5, 0.6) is 5.75 Å². The van der Waals surface area contributed by atoms with Crippen molar-refractivity contribution in [1.29, 1.82) is 0 Å². The van der Waals surface area contributed by atoms with Gasteiger partial charge in [0.15, 0.2) is 0 Å². The van der Waals surface area contributed by atoms with Crippen LogP contribution in [-0.2, 0) is 6.18 Å². The highest BCUT2D eigenvalue weighted by molar-refractivity contribution is 5.44. The number of aliphatic hydroxyl groups is 1. The molecule has 0 aliphatic carbocycles. The zero-order valence-electron chi connectivity index (χ0n) is 13.7. The molecular formula is C16H16F3N5O2. The van der Waals surface area contributed by atoms with E-state index in [0.29, 0.717) is 11.6 Å². The molecule has 0 saturated heterocycles. The summed E-state index contributed by atoms with van der Waals surface area (Å²) < 4.78 is 44.3. The van der Waals surface area contributed by atoms with Crippen molar-refractivity contribution >= 4 is 11.6 Å². The van der Waals surface area contributed by atoms with Crippen molar-refractivity contribution in [2.24, 2.45) is 0 Å². The molecule has 0 amide bonds. The lowest BCUT2D eigenvalue weighted by Crippen LogP contribution is -2.27. The van der Waals surface area contributed by atoms with Crippen LogP contribution >= 0.6 is 0 Å². The zero-order valence-corrected chi connectivity index (χ0v) is 13.7. The minimum atomic E-state index is -4.39. The fraction of sp³-hybridized carbons (Fsp3) is 0.312. The maximum Gasteiger partial charge on any atom is 0.416 e. The predicted octanol–water partition coefficient (Wildman–Crippen LogP) is 2.30. The molecule has 0 aliphatic heterocycles. The molecule has 2 N–H and O–H groups in total. The summed E-state index contributed by atoms with van der Waals surface area (Å²) in [6, 6.07) is 6.05. The Balaban J connectivity index is 1.54. The van der Waals surface area contributed by atoms with Crippen molar-refractivity contribution in [3.63, 3.8) is 0 Å². The summed E-state index contributed by atoms with van der Waals surface area (Å²) in [5.41, 5.74) is -0.0135. The molecule has 1 unspecified atom stereocenters.